The summed E-state index contributed by atoms with van der Waals surface area (Å²) in [7, 11) is 0. The quantitative estimate of drug-likeness (QED) is 0.575. The molecule has 2 N–H and O–H groups in total. The monoisotopic (exact) mass is 454 g/mol. The third kappa shape index (κ3) is 4.50. The largest absolute Gasteiger partial charge is 0.487 e. The first-order valence-electron chi connectivity index (χ1n) is 11.6. The molecular weight excluding hydrogens is 424 g/mol. The van der Waals surface area contributed by atoms with Gasteiger partial charge in [-0.05, 0) is 41.5 Å². The van der Waals surface area contributed by atoms with Crippen molar-refractivity contribution in [1.82, 2.24) is 9.97 Å². The molecule has 5 rings (SSSR count). The van der Waals surface area contributed by atoms with Crippen LogP contribution < -0.4 is 15.4 Å². The van der Waals surface area contributed by atoms with Crippen molar-refractivity contribution in [3.63, 3.8) is 0 Å². The molecule has 3 heterocycles. The van der Waals surface area contributed by atoms with Gasteiger partial charge >= 0.3 is 0 Å². The Morgan fingerprint density at radius 2 is 1.71 bits per heavy atom. The van der Waals surface area contributed by atoms with Gasteiger partial charge in [-0.25, -0.2) is 9.97 Å². The van der Waals surface area contributed by atoms with Crippen molar-refractivity contribution in [3.8, 4) is 17.6 Å². The molecule has 3 aromatic rings. The normalized spacial score (nSPS) is 16.3. The Morgan fingerprint density at radius 3 is 2.32 bits per heavy atom. The molecule has 2 aromatic carbocycles. The van der Waals surface area contributed by atoms with Crippen LogP contribution in [-0.4, -0.2) is 42.8 Å². The van der Waals surface area contributed by atoms with Crippen LogP contribution in [0.3, 0.4) is 0 Å². The lowest BCUT2D eigenvalue weighted by molar-refractivity contribution is -0.127. The predicted molar refractivity (Wildman–Crippen MR) is 133 cm³/mol. The molecule has 1 aromatic heterocycles. The zero-order valence-corrected chi connectivity index (χ0v) is 19.8. The smallest absolute Gasteiger partial charge is 0.225 e. The second-order valence-corrected chi connectivity index (χ2v) is 9.72. The Labute approximate surface area is 201 Å². The average molecular weight is 455 g/mol. The molecule has 0 unspecified atom stereocenters. The van der Waals surface area contributed by atoms with Gasteiger partial charge in [0.15, 0.2) is 0 Å². The Hall–Kier alpha value is -3.40. The minimum Gasteiger partial charge on any atom is -0.487 e. The lowest BCUT2D eigenvalue weighted by atomic mass is 9.78. The molecule has 0 radical (unpaired) electrons. The fourth-order valence-electron chi connectivity index (χ4n) is 4.51. The van der Waals surface area contributed by atoms with E-state index in [4.69, 9.17) is 15.2 Å². The summed E-state index contributed by atoms with van der Waals surface area (Å²) in [6.07, 6.45) is 1.81. The third-order valence-electron chi connectivity index (χ3n) is 6.76. The average Bonchev–Trinajstić information content (AvgIpc) is 2.80. The summed E-state index contributed by atoms with van der Waals surface area (Å²) in [5.74, 6) is 7.57. The third-order valence-corrected chi connectivity index (χ3v) is 6.76. The second kappa shape index (κ2) is 9.09. The maximum absolute atomic E-state index is 6.02. The highest BCUT2D eigenvalue weighted by atomic mass is 16.5. The Morgan fingerprint density at radius 1 is 1.03 bits per heavy atom. The number of ether oxygens (including phenoxy) is 2. The van der Waals surface area contributed by atoms with Crippen LogP contribution >= 0.6 is 0 Å². The molecule has 2 saturated heterocycles. The van der Waals surface area contributed by atoms with Crippen LogP contribution in [0.5, 0.6) is 5.75 Å². The van der Waals surface area contributed by atoms with Crippen molar-refractivity contribution in [1.29, 1.82) is 0 Å². The zero-order valence-electron chi connectivity index (χ0n) is 19.8. The number of benzene rings is 2. The molecule has 0 aliphatic carbocycles. The van der Waals surface area contributed by atoms with Gasteiger partial charge in [-0.1, -0.05) is 50.0 Å². The molecule has 6 heteroatoms. The van der Waals surface area contributed by atoms with Gasteiger partial charge in [0.1, 0.15) is 12.4 Å². The van der Waals surface area contributed by atoms with Gasteiger partial charge in [-0.3, -0.25) is 0 Å². The Balaban J connectivity index is 1.20. The predicted octanol–water partition coefficient (Wildman–Crippen LogP) is 3.53. The lowest BCUT2D eigenvalue weighted by Crippen LogP contribution is -2.66. The molecular formula is C28H30N4O2. The highest BCUT2D eigenvalue weighted by Gasteiger charge is 2.49. The van der Waals surface area contributed by atoms with E-state index in [0.29, 0.717) is 18.6 Å². The Kier molecular flexibility index (Phi) is 5.99. The number of anilines is 1. The molecule has 2 aliphatic rings. The van der Waals surface area contributed by atoms with E-state index in [9.17, 15) is 0 Å². The van der Waals surface area contributed by atoms with Crippen molar-refractivity contribution in [2.75, 3.05) is 37.7 Å². The molecule has 0 atom stereocenters. The van der Waals surface area contributed by atoms with E-state index < -0.39 is 0 Å². The summed E-state index contributed by atoms with van der Waals surface area (Å²) in [5.41, 5.74) is 9.97. The fraction of sp³-hybridized carbons (Fsp3) is 0.357. The highest BCUT2D eigenvalue weighted by molar-refractivity contribution is 5.44. The van der Waals surface area contributed by atoms with Crippen LogP contribution in [0, 0.1) is 17.3 Å². The van der Waals surface area contributed by atoms with Crippen LogP contribution in [0.15, 0.2) is 60.8 Å². The van der Waals surface area contributed by atoms with Gasteiger partial charge in [-0.15, -0.1) is 0 Å². The first kappa shape index (κ1) is 22.4. The van der Waals surface area contributed by atoms with Gasteiger partial charge in [0.05, 0.1) is 30.9 Å². The number of nitrogens with zero attached hydrogens (tertiary/aromatic N) is 3. The molecule has 0 bridgehead atoms. The van der Waals surface area contributed by atoms with Crippen LogP contribution in [0.2, 0.25) is 0 Å². The number of nitrogens with two attached hydrogens (primary N) is 1. The topological polar surface area (TPSA) is 73.5 Å². The van der Waals surface area contributed by atoms with Crippen LogP contribution in [0.4, 0.5) is 5.95 Å². The number of rotatable bonds is 6. The van der Waals surface area contributed by atoms with Gasteiger partial charge in [0.25, 0.3) is 0 Å². The van der Waals surface area contributed by atoms with Crippen LogP contribution in [0.1, 0.15) is 36.2 Å². The molecule has 6 nitrogen and oxygen atoms in total. The second-order valence-electron chi connectivity index (χ2n) is 9.72. The summed E-state index contributed by atoms with van der Waals surface area (Å²) in [6, 6.07) is 18.6. The van der Waals surface area contributed by atoms with E-state index in [1.807, 2.05) is 36.5 Å². The fourth-order valence-corrected chi connectivity index (χ4v) is 4.51. The summed E-state index contributed by atoms with van der Waals surface area (Å²) in [6.45, 7) is 8.88. The number of hydrogen-bond acceptors (Lipinski definition) is 6. The number of aromatic nitrogens is 2. The molecule has 0 saturated carbocycles. The minimum absolute atomic E-state index is 0.139. The maximum atomic E-state index is 6.02. The highest BCUT2D eigenvalue weighted by Crippen LogP contribution is 2.39. The summed E-state index contributed by atoms with van der Waals surface area (Å²) < 4.78 is 11.4. The lowest BCUT2D eigenvalue weighted by Gasteiger charge is -2.54. The maximum Gasteiger partial charge on any atom is 0.225 e. The van der Waals surface area contributed by atoms with Crippen molar-refractivity contribution < 1.29 is 9.47 Å². The summed E-state index contributed by atoms with van der Waals surface area (Å²) >= 11 is 0. The van der Waals surface area contributed by atoms with E-state index in [0.717, 1.165) is 49.3 Å². The standard InChI is InChI=1S/C28H30N4O2/c1-27(2,22-7-5-21(6-8-22)4-3-14-29)23-9-11-25(12-10-23)34-16-24-13-15-30-26(31-24)32-17-28(18-32)19-33-20-28/h5-13,15H,14,16-20,29H2,1-2H3. The van der Waals surface area contributed by atoms with Crippen molar-refractivity contribution in [2.24, 2.45) is 11.1 Å². The summed E-state index contributed by atoms with van der Waals surface area (Å²) in [4.78, 5) is 11.3. The minimum atomic E-state index is -0.139. The van der Waals surface area contributed by atoms with Crippen molar-refractivity contribution >= 4 is 5.95 Å². The Bertz CT molecular complexity index is 1200. The first-order chi connectivity index (χ1) is 16.5. The van der Waals surface area contributed by atoms with Gasteiger partial charge in [-0.2, -0.15) is 0 Å². The molecule has 1 spiro atoms. The van der Waals surface area contributed by atoms with Crippen LogP contribution in [-0.2, 0) is 16.8 Å². The van der Waals surface area contributed by atoms with Crippen LogP contribution in [0.25, 0.3) is 0 Å². The van der Waals surface area contributed by atoms with Gasteiger partial charge < -0.3 is 20.1 Å². The zero-order chi connectivity index (χ0) is 23.6. The molecule has 0 amide bonds. The van der Waals surface area contributed by atoms with Crippen molar-refractivity contribution in [3.05, 3.63) is 83.2 Å². The molecule has 174 valence electrons. The molecule has 2 fully saturated rings. The van der Waals surface area contributed by atoms with Gasteiger partial charge in [0, 0.05) is 30.3 Å². The number of hydrogen-bond donors (Lipinski definition) is 1. The summed E-state index contributed by atoms with van der Waals surface area (Å²) in [5, 5.41) is 0. The van der Waals surface area contributed by atoms with Gasteiger partial charge in [0.2, 0.25) is 5.95 Å². The van der Waals surface area contributed by atoms with E-state index in [2.05, 4.69) is 64.8 Å². The van der Waals surface area contributed by atoms with E-state index in [-0.39, 0.29) is 5.41 Å². The first-order valence-corrected chi connectivity index (χ1v) is 11.6. The van der Waals surface area contributed by atoms with E-state index in [1.165, 1.54) is 11.1 Å². The van der Waals surface area contributed by atoms with Crippen molar-refractivity contribution in [2.45, 2.75) is 25.9 Å². The van der Waals surface area contributed by atoms with E-state index in [1.54, 1.807) is 0 Å². The molecule has 2 aliphatic heterocycles. The van der Waals surface area contributed by atoms with E-state index >= 15 is 0 Å². The molecule has 34 heavy (non-hydrogen) atoms. The SMILES string of the molecule is CC(C)(c1ccc(C#CCN)cc1)c1ccc(OCc2ccnc(N3CC4(COC4)C3)n2)cc1.